The first kappa shape index (κ1) is 30.2. The summed E-state index contributed by atoms with van der Waals surface area (Å²) >= 11 is 5.16. The van der Waals surface area contributed by atoms with Crippen molar-refractivity contribution >= 4 is 29.1 Å². The van der Waals surface area contributed by atoms with E-state index >= 15 is 0 Å². The summed E-state index contributed by atoms with van der Waals surface area (Å²) in [5.41, 5.74) is 0.534. The zero-order chi connectivity index (χ0) is 26.2. The van der Waals surface area contributed by atoms with Crippen molar-refractivity contribution in [2.24, 2.45) is 0 Å². The van der Waals surface area contributed by atoms with Gasteiger partial charge in [0.2, 0.25) is 0 Å². The number of unbranched alkanes of at least 4 members (excludes halogenated alkanes) is 1. The second-order valence-electron chi connectivity index (χ2n) is 11.3. The molecule has 200 valence electrons. The molecule has 0 bridgehead atoms. The maximum Gasteiger partial charge on any atom is 0.410 e. The minimum Gasteiger partial charge on any atom is -0.598 e. The Kier molecular flexibility index (Phi) is 11.6. The first-order chi connectivity index (χ1) is 16.3. The summed E-state index contributed by atoms with van der Waals surface area (Å²) in [6.45, 7) is 13.5. The van der Waals surface area contributed by atoms with E-state index in [0.29, 0.717) is 24.8 Å². The first-order valence-corrected chi connectivity index (χ1v) is 14.1. The summed E-state index contributed by atoms with van der Waals surface area (Å²) in [6, 6.07) is 4.07. The van der Waals surface area contributed by atoms with Crippen LogP contribution in [0.25, 0.3) is 0 Å². The Labute approximate surface area is 220 Å². The number of carbonyl (C=O) groups is 1. The highest BCUT2D eigenvalue weighted by Gasteiger charge is 2.35. The molecule has 0 aliphatic carbocycles. The standard InChI is InChI=1S/C26H44ClN3O4S/c1-25(2,3)34-24(31)30-17-15-22(19-30)33-18-9-8-12-21(29(7)35(32)26(4,5)6)14-13-20-11-10-16-28-23(20)27/h10-11,16,21-22H,8-9,12-15,17-19H2,1-7H3/t21-,22-,35-/m1/s1. The van der Waals surface area contributed by atoms with Crippen LogP contribution < -0.4 is 0 Å². The highest BCUT2D eigenvalue weighted by Crippen LogP contribution is 2.26. The van der Waals surface area contributed by atoms with E-state index in [1.54, 1.807) is 11.1 Å². The van der Waals surface area contributed by atoms with Gasteiger partial charge in [-0.15, -0.1) is 4.31 Å². The van der Waals surface area contributed by atoms with Crippen molar-refractivity contribution in [2.75, 3.05) is 26.7 Å². The number of carbonyl (C=O) groups excluding carboxylic acids is 1. The van der Waals surface area contributed by atoms with Crippen molar-refractivity contribution in [3.05, 3.63) is 29.0 Å². The van der Waals surface area contributed by atoms with Gasteiger partial charge in [-0.25, -0.2) is 9.78 Å². The fourth-order valence-corrected chi connectivity index (χ4v) is 5.65. The Morgan fingerprint density at radius 1 is 1.29 bits per heavy atom. The minimum atomic E-state index is -1.10. The van der Waals surface area contributed by atoms with Crippen molar-refractivity contribution in [2.45, 2.75) is 103 Å². The van der Waals surface area contributed by atoms with Crippen molar-refractivity contribution in [3.8, 4) is 0 Å². The number of likely N-dealkylation sites (tertiary alicyclic amines) is 1. The third-order valence-electron chi connectivity index (χ3n) is 5.96. The molecule has 0 spiro atoms. The molecule has 1 aliphatic rings. The monoisotopic (exact) mass is 529 g/mol. The van der Waals surface area contributed by atoms with Gasteiger partial charge in [0.05, 0.1) is 18.7 Å². The molecule has 1 aromatic heterocycles. The van der Waals surface area contributed by atoms with Crippen LogP contribution in [0.15, 0.2) is 18.3 Å². The Bertz CT molecular complexity index is 800. The fourth-order valence-electron chi connectivity index (χ4n) is 4.09. The Morgan fingerprint density at radius 3 is 2.63 bits per heavy atom. The molecule has 0 N–H and O–H groups in total. The summed E-state index contributed by atoms with van der Waals surface area (Å²) in [5, 5.41) is 0.538. The van der Waals surface area contributed by atoms with E-state index in [1.165, 1.54) is 0 Å². The summed E-state index contributed by atoms with van der Waals surface area (Å²) in [7, 11) is 1.96. The van der Waals surface area contributed by atoms with Crippen LogP contribution in [0.4, 0.5) is 4.79 Å². The zero-order valence-electron chi connectivity index (χ0n) is 22.5. The SMILES string of the molecule is CN([C@H](CCCCO[C@@H]1CCN(C(=O)OC(C)(C)C)C1)CCc1cccnc1Cl)[S@+]([O-])C(C)(C)C. The van der Waals surface area contributed by atoms with Gasteiger partial charge in [0.1, 0.15) is 15.5 Å². The van der Waals surface area contributed by atoms with Gasteiger partial charge in [0, 0.05) is 37.8 Å². The van der Waals surface area contributed by atoms with E-state index < -0.39 is 17.0 Å². The van der Waals surface area contributed by atoms with E-state index in [4.69, 9.17) is 21.1 Å². The highest BCUT2D eigenvalue weighted by molar-refractivity contribution is 7.90. The van der Waals surface area contributed by atoms with Gasteiger partial charge in [-0.1, -0.05) is 17.7 Å². The van der Waals surface area contributed by atoms with E-state index in [-0.39, 0.29) is 23.0 Å². The maximum absolute atomic E-state index is 13.1. The molecule has 0 saturated carbocycles. The molecule has 1 saturated heterocycles. The van der Waals surface area contributed by atoms with Crippen molar-refractivity contribution < 1.29 is 18.8 Å². The molecule has 0 unspecified atom stereocenters. The number of pyridine rings is 1. The second-order valence-corrected chi connectivity index (χ2v) is 13.9. The number of rotatable bonds is 11. The van der Waals surface area contributed by atoms with Crippen LogP contribution in [-0.2, 0) is 27.3 Å². The van der Waals surface area contributed by atoms with Crippen LogP contribution in [0.3, 0.4) is 0 Å². The number of aryl methyl sites for hydroxylation is 1. The molecule has 1 amide bonds. The zero-order valence-corrected chi connectivity index (χ0v) is 24.1. The lowest BCUT2D eigenvalue weighted by molar-refractivity contribution is 0.0205. The number of nitrogens with zero attached hydrogens (tertiary/aromatic N) is 3. The molecule has 1 fully saturated rings. The van der Waals surface area contributed by atoms with Crippen molar-refractivity contribution in [1.29, 1.82) is 0 Å². The molecule has 1 aromatic rings. The lowest BCUT2D eigenvalue weighted by Gasteiger charge is -2.35. The average molecular weight is 530 g/mol. The molecular weight excluding hydrogens is 486 g/mol. The third kappa shape index (κ3) is 10.4. The predicted octanol–water partition coefficient (Wildman–Crippen LogP) is 5.63. The summed E-state index contributed by atoms with van der Waals surface area (Å²) in [4.78, 5) is 18.1. The van der Waals surface area contributed by atoms with Crippen LogP contribution >= 0.6 is 11.6 Å². The molecular formula is C26H44ClN3O4S. The molecule has 35 heavy (non-hydrogen) atoms. The van der Waals surface area contributed by atoms with Gasteiger partial charge >= 0.3 is 6.09 Å². The normalized spacial score (nSPS) is 18.7. The predicted molar refractivity (Wildman–Crippen MR) is 143 cm³/mol. The van der Waals surface area contributed by atoms with E-state index in [1.807, 2.05) is 65.0 Å². The Hall–Kier alpha value is -1.06. The fraction of sp³-hybridized carbons (Fsp3) is 0.769. The third-order valence-corrected chi connectivity index (χ3v) is 8.17. The molecule has 2 heterocycles. The van der Waals surface area contributed by atoms with Crippen LogP contribution in [0.5, 0.6) is 0 Å². The number of halogens is 1. The van der Waals surface area contributed by atoms with Gasteiger partial charge in [-0.2, -0.15) is 0 Å². The number of ether oxygens (including phenoxy) is 2. The van der Waals surface area contributed by atoms with E-state index in [0.717, 1.165) is 44.1 Å². The molecule has 2 rings (SSSR count). The molecule has 3 atom stereocenters. The molecule has 9 heteroatoms. The molecule has 7 nitrogen and oxygen atoms in total. The van der Waals surface area contributed by atoms with Crippen LogP contribution in [-0.4, -0.2) is 74.1 Å². The van der Waals surface area contributed by atoms with Gasteiger partial charge in [-0.05, 0) is 91.7 Å². The largest absolute Gasteiger partial charge is 0.598 e. The lowest BCUT2D eigenvalue weighted by atomic mass is 10.0. The Morgan fingerprint density at radius 2 is 2.00 bits per heavy atom. The highest BCUT2D eigenvalue weighted by atomic mass is 35.5. The number of amides is 1. The quantitative estimate of drug-likeness (QED) is 0.210. The van der Waals surface area contributed by atoms with Gasteiger partial charge in [0.25, 0.3) is 0 Å². The molecule has 1 aliphatic heterocycles. The van der Waals surface area contributed by atoms with Crippen molar-refractivity contribution in [1.82, 2.24) is 14.2 Å². The van der Waals surface area contributed by atoms with Crippen LogP contribution in [0.2, 0.25) is 5.15 Å². The summed E-state index contributed by atoms with van der Waals surface area (Å²) < 4.78 is 26.3. The van der Waals surface area contributed by atoms with Crippen LogP contribution in [0, 0.1) is 0 Å². The number of aromatic nitrogens is 1. The topological polar surface area (TPSA) is 78.0 Å². The molecule has 0 aromatic carbocycles. The minimum absolute atomic E-state index is 0.0575. The summed E-state index contributed by atoms with van der Waals surface area (Å²) in [6.07, 6.45) is 6.79. The van der Waals surface area contributed by atoms with Gasteiger partial charge in [-0.3, -0.25) is 0 Å². The lowest BCUT2D eigenvalue weighted by Crippen LogP contribution is -2.46. The molecule has 0 radical (unpaired) electrons. The van der Waals surface area contributed by atoms with Crippen LogP contribution in [0.1, 0.15) is 79.2 Å². The first-order valence-electron chi connectivity index (χ1n) is 12.6. The second kappa shape index (κ2) is 13.5. The van der Waals surface area contributed by atoms with Crippen molar-refractivity contribution in [3.63, 3.8) is 0 Å². The maximum atomic E-state index is 13.1. The average Bonchev–Trinajstić information content (AvgIpc) is 3.23. The van der Waals surface area contributed by atoms with Gasteiger partial charge in [0.15, 0.2) is 0 Å². The summed E-state index contributed by atoms with van der Waals surface area (Å²) in [5.74, 6) is 0. The Balaban J connectivity index is 1.80. The number of hydrogen-bond donors (Lipinski definition) is 0. The number of hydrogen-bond acceptors (Lipinski definition) is 6. The van der Waals surface area contributed by atoms with E-state index in [9.17, 15) is 9.35 Å². The smallest absolute Gasteiger partial charge is 0.410 e. The van der Waals surface area contributed by atoms with Gasteiger partial charge < -0.3 is 18.9 Å². The van der Waals surface area contributed by atoms with E-state index in [2.05, 4.69) is 4.98 Å².